The van der Waals surface area contributed by atoms with Gasteiger partial charge in [-0.25, -0.2) is 14.2 Å². The Bertz CT molecular complexity index is 1500. The number of hydrogen-bond acceptors (Lipinski definition) is 5. The molecule has 0 spiro atoms. The van der Waals surface area contributed by atoms with Gasteiger partial charge in [-0.15, -0.1) is 0 Å². The van der Waals surface area contributed by atoms with E-state index < -0.39 is 23.1 Å². The highest BCUT2D eigenvalue weighted by Crippen LogP contribution is 2.31. The molecule has 0 bridgehead atoms. The van der Waals surface area contributed by atoms with Gasteiger partial charge in [0.25, 0.3) is 0 Å². The van der Waals surface area contributed by atoms with Crippen LogP contribution in [-0.4, -0.2) is 21.2 Å². The van der Waals surface area contributed by atoms with Crippen LogP contribution in [0, 0.1) is 0 Å². The second kappa shape index (κ2) is 10.9. The molecular weight excluding hydrogens is 509 g/mol. The first-order chi connectivity index (χ1) is 17.6. The van der Waals surface area contributed by atoms with E-state index in [2.05, 4.69) is 10.3 Å². The quantitative estimate of drug-likeness (QED) is 0.342. The van der Waals surface area contributed by atoms with Gasteiger partial charge < -0.3 is 10.1 Å². The summed E-state index contributed by atoms with van der Waals surface area (Å²) in [7, 11) is 1.55. The van der Waals surface area contributed by atoms with Crippen molar-refractivity contribution in [2.45, 2.75) is 25.7 Å². The maximum atomic E-state index is 13.4. The number of nitrogens with one attached hydrogen (secondary N) is 1. The van der Waals surface area contributed by atoms with Crippen molar-refractivity contribution in [1.29, 1.82) is 0 Å². The molecule has 0 fully saturated rings. The largest absolute Gasteiger partial charge is 0.497 e. The minimum atomic E-state index is -4.55. The molecule has 1 N–H and O–H groups in total. The van der Waals surface area contributed by atoms with Crippen molar-refractivity contribution in [1.82, 2.24) is 14.1 Å². The summed E-state index contributed by atoms with van der Waals surface area (Å²) in [6, 6.07) is 18.3. The van der Waals surface area contributed by atoms with Crippen LogP contribution in [0.1, 0.15) is 16.7 Å². The SMILES string of the molecule is COc1ccc(CCn2c(Nc3cccc(C(F)(F)F)c3)nc(=O)n(Cc3ccc(Cl)cc3)c2=O)cc1. The van der Waals surface area contributed by atoms with Crippen molar-refractivity contribution in [3.8, 4) is 5.75 Å². The highest BCUT2D eigenvalue weighted by molar-refractivity contribution is 6.30. The molecule has 4 aromatic rings. The Morgan fingerprint density at radius 1 is 0.946 bits per heavy atom. The number of aryl methyl sites for hydroxylation is 1. The van der Waals surface area contributed by atoms with Crippen molar-refractivity contribution < 1.29 is 17.9 Å². The van der Waals surface area contributed by atoms with Crippen LogP contribution in [0.2, 0.25) is 5.02 Å². The summed E-state index contributed by atoms with van der Waals surface area (Å²) in [6.45, 7) is 0.0641. The summed E-state index contributed by atoms with van der Waals surface area (Å²) in [5, 5.41) is 3.23. The average molecular weight is 531 g/mol. The molecule has 0 saturated heterocycles. The van der Waals surface area contributed by atoms with E-state index in [1.165, 1.54) is 16.7 Å². The summed E-state index contributed by atoms with van der Waals surface area (Å²) in [5.41, 5.74) is -0.789. The minimum absolute atomic E-state index is 0.0368. The van der Waals surface area contributed by atoms with Gasteiger partial charge in [0.2, 0.25) is 5.95 Å². The molecule has 37 heavy (non-hydrogen) atoms. The molecule has 0 saturated carbocycles. The van der Waals surface area contributed by atoms with Gasteiger partial charge in [0.1, 0.15) is 5.75 Å². The van der Waals surface area contributed by atoms with Crippen LogP contribution < -0.4 is 21.4 Å². The summed E-state index contributed by atoms with van der Waals surface area (Å²) in [5.74, 6) is 0.515. The van der Waals surface area contributed by atoms with Gasteiger partial charge in [-0.2, -0.15) is 18.2 Å². The normalized spacial score (nSPS) is 11.4. The van der Waals surface area contributed by atoms with Crippen molar-refractivity contribution in [2.75, 3.05) is 12.4 Å². The van der Waals surface area contributed by atoms with Crippen LogP contribution in [0.5, 0.6) is 5.75 Å². The van der Waals surface area contributed by atoms with Crippen LogP contribution in [0.15, 0.2) is 82.4 Å². The van der Waals surface area contributed by atoms with Crippen molar-refractivity contribution >= 4 is 23.2 Å². The van der Waals surface area contributed by atoms with E-state index >= 15 is 0 Å². The predicted molar refractivity (Wildman–Crippen MR) is 135 cm³/mol. The highest BCUT2D eigenvalue weighted by atomic mass is 35.5. The molecule has 192 valence electrons. The number of methoxy groups -OCH3 is 1. The van der Waals surface area contributed by atoms with Gasteiger partial charge in [-0.1, -0.05) is 41.9 Å². The van der Waals surface area contributed by atoms with E-state index in [1.54, 1.807) is 43.5 Å². The molecule has 0 unspecified atom stereocenters. The van der Waals surface area contributed by atoms with E-state index in [4.69, 9.17) is 16.3 Å². The number of halogens is 4. The molecule has 4 rings (SSSR count). The summed E-state index contributed by atoms with van der Waals surface area (Å²) in [4.78, 5) is 30.3. The fraction of sp³-hybridized carbons (Fsp3) is 0.192. The molecule has 3 aromatic carbocycles. The lowest BCUT2D eigenvalue weighted by Gasteiger charge is -2.16. The molecule has 0 radical (unpaired) electrons. The molecule has 0 atom stereocenters. The zero-order valence-electron chi connectivity index (χ0n) is 19.6. The van der Waals surface area contributed by atoms with Crippen molar-refractivity contribution in [3.05, 3.63) is 115 Å². The second-order valence-corrected chi connectivity index (χ2v) is 8.60. The first-order valence-corrected chi connectivity index (χ1v) is 11.5. The van der Waals surface area contributed by atoms with Crippen LogP contribution in [0.3, 0.4) is 0 Å². The van der Waals surface area contributed by atoms with Crippen LogP contribution in [0.25, 0.3) is 0 Å². The molecule has 7 nitrogen and oxygen atoms in total. The predicted octanol–water partition coefficient (Wildman–Crippen LogP) is 5.12. The van der Waals surface area contributed by atoms with E-state index in [0.717, 1.165) is 22.3 Å². The molecule has 0 aliphatic rings. The Balaban J connectivity index is 1.72. The lowest BCUT2D eigenvalue weighted by molar-refractivity contribution is -0.137. The fourth-order valence-corrected chi connectivity index (χ4v) is 3.80. The monoisotopic (exact) mass is 530 g/mol. The van der Waals surface area contributed by atoms with Gasteiger partial charge in [-0.3, -0.25) is 4.57 Å². The minimum Gasteiger partial charge on any atom is -0.497 e. The Kier molecular flexibility index (Phi) is 7.68. The van der Waals surface area contributed by atoms with Crippen LogP contribution in [-0.2, 0) is 25.7 Å². The fourth-order valence-electron chi connectivity index (χ4n) is 3.67. The zero-order valence-corrected chi connectivity index (χ0v) is 20.4. The zero-order chi connectivity index (χ0) is 26.6. The topological polar surface area (TPSA) is 78.2 Å². The summed E-state index contributed by atoms with van der Waals surface area (Å²) in [6.07, 6.45) is -4.16. The molecular formula is C26H22ClF3N4O3. The number of nitrogens with zero attached hydrogens (tertiary/aromatic N) is 3. The van der Waals surface area contributed by atoms with E-state index in [0.29, 0.717) is 22.8 Å². The average Bonchev–Trinajstić information content (AvgIpc) is 2.87. The number of aromatic nitrogens is 3. The Hall–Kier alpha value is -4.05. The first-order valence-electron chi connectivity index (χ1n) is 11.2. The number of hydrogen-bond donors (Lipinski definition) is 1. The van der Waals surface area contributed by atoms with E-state index in [1.807, 2.05) is 12.1 Å². The van der Waals surface area contributed by atoms with Gasteiger partial charge in [0.15, 0.2) is 0 Å². The Labute approximate surface area is 214 Å². The number of alkyl halides is 3. The number of benzene rings is 3. The highest BCUT2D eigenvalue weighted by Gasteiger charge is 2.30. The maximum Gasteiger partial charge on any atom is 0.416 e. The van der Waals surface area contributed by atoms with E-state index in [-0.39, 0.29) is 24.7 Å². The third-order valence-corrected chi connectivity index (χ3v) is 5.89. The summed E-state index contributed by atoms with van der Waals surface area (Å²) < 4.78 is 46.9. The Morgan fingerprint density at radius 2 is 1.62 bits per heavy atom. The van der Waals surface area contributed by atoms with Gasteiger partial charge >= 0.3 is 17.6 Å². The maximum absolute atomic E-state index is 13.4. The molecule has 11 heteroatoms. The van der Waals surface area contributed by atoms with Crippen LogP contribution >= 0.6 is 11.6 Å². The first kappa shape index (κ1) is 26.0. The third-order valence-electron chi connectivity index (χ3n) is 5.63. The molecule has 0 amide bonds. The summed E-state index contributed by atoms with van der Waals surface area (Å²) >= 11 is 5.92. The number of anilines is 2. The van der Waals surface area contributed by atoms with Gasteiger partial charge in [0, 0.05) is 17.3 Å². The van der Waals surface area contributed by atoms with Crippen LogP contribution in [0.4, 0.5) is 24.8 Å². The number of rotatable bonds is 8. The van der Waals surface area contributed by atoms with Crippen molar-refractivity contribution in [2.24, 2.45) is 0 Å². The molecule has 0 aliphatic heterocycles. The third kappa shape index (κ3) is 6.39. The second-order valence-electron chi connectivity index (χ2n) is 8.17. The lowest BCUT2D eigenvalue weighted by Crippen LogP contribution is -2.43. The van der Waals surface area contributed by atoms with Gasteiger partial charge in [0.05, 0.1) is 19.2 Å². The molecule has 0 aliphatic carbocycles. The number of ether oxygens (including phenoxy) is 1. The lowest BCUT2D eigenvalue weighted by atomic mass is 10.1. The Morgan fingerprint density at radius 3 is 2.27 bits per heavy atom. The van der Waals surface area contributed by atoms with Crippen molar-refractivity contribution in [3.63, 3.8) is 0 Å². The van der Waals surface area contributed by atoms with Gasteiger partial charge in [-0.05, 0) is 60.0 Å². The standard InChI is InChI=1S/C26H22ClF3N4O3/c1-37-22-11-7-17(8-12-22)13-14-33-23(31-21-4-2-3-19(15-21)26(28,29)30)32-24(35)34(25(33)36)16-18-5-9-20(27)10-6-18/h2-12,15H,13-14,16H2,1H3,(H,31,32,35). The molecule has 1 heterocycles. The molecule has 1 aromatic heterocycles. The van der Waals surface area contributed by atoms with E-state index in [9.17, 15) is 22.8 Å². The smallest absolute Gasteiger partial charge is 0.416 e.